The Hall–Kier alpha value is -3.46. The Bertz CT molecular complexity index is 1100. The lowest BCUT2D eigenvalue weighted by atomic mass is 10.2. The fraction of sp³-hybridized carbons (Fsp3) is 0.182. The van der Waals surface area contributed by atoms with Crippen molar-refractivity contribution in [3.8, 4) is 0 Å². The van der Waals surface area contributed by atoms with Crippen LogP contribution in [0, 0.1) is 12.7 Å². The number of para-hydroxylation sites is 2. The van der Waals surface area contributed by atoms with E-state index in [0.717, 1.165) is 11.3 Å². The zero-order chi connectivity index (χ0) is 22.2. The molecule has 1 aromatic heterocycles. The highest BCUT2D eigenvalue weighted by Gasteiger charge is 2.17. The van der Waals surface area contributed by atoms with Gasteiger partial charge in [-0.15, -0.1) is 16.8 Å². The molecule has 1 heterocycles. The highest BCUT2D eigenvalue weighted by molar-refractivity contribution is 7.99. The summed E-state index contributed by atoms with van der Waals surface area (Å²) >= 11 is 1.21. The summed E-state index contributed by atoms with van der Waals surface area (Å²) in [7, 11) is 0. The number of anilines is 2. The maximum atomic E-state index is 13.7. The Labute approximate surface area is 183 Å². The lowest BCUT2D eigenvalue weighted by Gasteiger charge is -2.10. The molecular formula is C22H22FN5O2S. The SMILES string of the molecule is C=CCn1c(CC(=O)Nc2ccccc2F)nnc1SCC(=O)Nc1ccccc1C. The summed E-state index contributed by atoms with van der Waals surface area (Å²) in [6.45, 7) is 6.01. The molecule has 0 aliphatic rings. The predicted molar refractivity (Wildman–Crippen MR) is 119 cm³/mol. The van der Waals surface area contributed by atoms with Crippen LogP contribution < -0.4 is 10.6 Å². The Morgan fingerprint density at radius 2 is 1.74 bits per heavy atom. The average Bonchev–Trinajstić information content (AvgIpc) is 3.11. The number of nitrogens with one attached hydrogen (secondary N) is 2. The van der Waals surface area contributed by atoms with E-state index in [0.29, 0.717) is 17.5 Å². The number of nitrogens with zero attached hydrogens (tertiary/aromatic N) is 3. The minimum Gasteiger partial charge on any atom is -0.325 e. The number of benzene rings is 2. The van der Waals surface area contributed by atoms with Crippen LogP contribution in [0.2, 0.25) is 0 Å². The van der Waals surface area contributed by atoms with E-state index in [1.807, 2.05) is 31.2 Å². The number of amides is 2. The number of thioether (sulfide) groups is 1. The second-order valence-electron chi connectivity index (χ2n) is 6.65. The molecule has 0 spiro atoms. The summed E-state index contributed by atoms with van der Waals surface area (Å²) in [5.41, 5.74) is 1.83. The van der Waals surface area contributed by atoms with E-state index in [2.05, 4.69) is 27.4 Å². The topological polar surface area (TPSA) is 88.9 Å². The van der Waals surface area contributed by atoms with E-state index in [9.17, 15) is 14.0 Å². The Morgan fingerprint density at radius 1 is 1.06 bits per heavy atom. The quantitative estimate of drug-likeness (QED) is 0.391. The minimum atomic E-state index is -0.515. The second kappa shape index (κ2) is 10.5. The minimum absolute atomic E-state index is 0.0921. The van der Waals surface area contributed by atoms with Crippen molar-refractivity contribution < 1.29 is 14.0 Å². The Kier molecular flexibility index (Phi) is 7.55. The first-order chi connectivity index (χ1) is 15.0. The van der Waals surface area contributed by atoms with Crippen molar-refractivity contribution >= 4 is 35.0 Å². The van der Waals surface area contributed by atoms with Gasteiger partial charge in [0.05, 0.1) is 17.9 Å². The molecule has 9 heteroatoms. The van der Waals surface area contributed by atoms with Crippen molar-refractivity contribution in [3.63, 3.8) is 0 Å². The first kappa shape index (κ1) is 22.2. The van der Waals surface area contributed by atoms with Crippen LogP contribution in [0.1, 0.15) is 11.4 Å². The average molecular weight is 440 g/mol. The van der Waals surface area contributed by atoms with Gasteiger partial charge in [0.2, 0.25) is 11.8 Å². The van der Waals surface area contributed by atoms with Crippen molar-refractivity contribution in [1.82, 2.24) is 14.8 Å². The van der Waals surface area contributed by atoms with Gasteiger partial charge >= 0.3 is 0 Å². The van der Waals surface area contributed by atoms with Crippen LogP contribution in [-0.4, -0.2) is 32.3 Å². The zero-order valence-corrected chi connectivity index (χ0v) is 17.8. The highest BCUT2D eigenvalue weighted by Crippen LogP contribution is 2.20. The van der Waals surface area contributed by atoms with E-state index in [1.54, 1.807) is 22.8 Å². The van der Waals surface area contributed by atoms with Gasteiger partial charge in [0.25, 0.3) is 0 Å². The van der Waals surface area contributed by atoms with Gasteiger partial charge in [-0.1, -0.05) is 48.2 Å². The van der Waals surface area contributed by atoms with Gasteiger partial charge in [0.15, 0.2) is 5.16 Å². The lowest BCUT2D eigenvalue weighted by Crippen LogP contribution is -2.19. The summed E-state index contributed by atoms with van der Waals surface area (Å²) in [6.07, 6.45) is 1.56. The number of hydrogen-bond donors (Lipinski definition) is 2. The van der Waals surface area contributed by atoms with Gasteiger partial charge in [0, 0.05) is 12.2 Å². The molecule has 0 radical (unpaired) electrons. The van der Waals surface area contributed by atoms with Gasteiger partial charge in [-0.3, -0.25) is 9.59 Å². The van der Waals surface area contributed by atoms with Gasteiger partial charge in [-0.2, -0.15) is 0 Å². The van der Waals surface area contributed by atoms with Crippen molar-refractivity contribution in [2.24, 2.45) is 0 Å². The molecule has 0 bridgehead atoms. The number of rotatable bonds is 9. The smallest absolute Gasteiger partial charge is 0.234 e. The molecule has 31 heavy (non-hydrogen) atoms. The monoisotopic (exact) mass is 439 g/mol. The van der Waals surface area contributed by atoms with Crippen LogP contribution >= 0.6 is 11.8 Å². The zero-order valence-electron chi connectivity index (χ0n) is 17.0. The normalized spacial score (nSPS) is 10.5. The molecule has 7 nitrogen and oxygen atoms in total. The lowest BCUT2D eigenvalue weighted by molar-refractivity contribution is -0.116. The molecule has 2 N–H and O–H groups in total. The van der Waals surface area contributed by atoms with Crippen LogP contribution in [0.15, 0.2) is 66.3 Å². The molecule has 3 rings (SSSR count). The highest BCUT2D eigenvalue weighted by atomic mass is 32.2. The number of carbonyl (C=O) groups excluding carboxylic acids is 2. The number of carbonyl (C=O) groups is 2. The Balaban J connectivity index is 1.63. The third-order valence-corrected chi connectivity index (χ3v) is 5.29. The molecule has 0 aliphatic carbocycles. The van der Waals surface area contributed by atoms with Crippen molar-refractivity contribution in [1.29, 1.82) is 0 Å². The fourth-order valence-corrected chi connectivity index (χ4v) is 3.57. The van der Waals surface area contributed by atoms with Crippen LogP contribution in [0.4, 0.5) is 15.8 Å². The molecule has 0 saturated carbocycles. The van der Waals surface area contributed by atoms with Gasteiger partial charge in [0.1, 0.15) is 11.6 Å². The molecule has 0 atom stereocenters. The van der Waals surface area contributed by atoms with Crippen LogP contribution in [0.5, 0.6) is 0 Å². The van der Waals surface area contributed by atoms with E-state index in [4.69, 9.17) is 0 Å². The molecule has 0 unspecified atom stereocenters. The van der Waals surface area contributed by atoms with Crippen LogP contribution in [0.25, 0.3) is 0 Å². The first-order valence-corrected chi connectivity index (χ1v) is 10.5. The van der Waals surface area contributed by atoms with Gasteiger partial charge in [-0.25, -0.2) is 4.39 Å². The largest absolute Gasteiger partial charge is 0.325 e. The molecule has 3 aromatic rings. The summed E-state index contributed by atoms with van der Waals surface area (Å²) in [4.78, 5) is 24.7. The number of hydrogen-bond acceptors (Lipinski definition) is 5. The molecule has 2 aromatic carbocycles. The number of aromatic nitrogens is 3. The second-order valence-corrected chi connectivity index (χ2v) is 7.60. The van der Waals surface area contributed by atoms with Gasteiger partial charge < -0.3 is 15.2 Å². The third-order valence-electron chi connectivity index (χ3n) is 4.32. The molecule has 0 saturated heterocycles. The van der Waals surface area contributed by atoms with E-state index >= 15 is 0 Å². The number of aryl methyl sites for hydroxylation is 1. The fourth-order valence-electron chi connectivity index (χ4n) is 2.80. The first-order valence-electron chi connectivity index (χ1n) is 9.53. The predicted octanol–water partition coefficient (Wildman–Crippen LogP) is 3.82. The third kappa shape index (κ3) is 6.02. The van der Waals surface area contributed by atoms with Crippen LogP contribution in [0.3, 0.4) is 0 Å². The van der Waals surface area contributed by atoms with Gasteiger partial charge in [-0.05, 0) is 30.7 Å². The summed E-state index contributed by atoms with van der Waals surface area (Å²) in [6, 6.07) is 13.5. The molecule has 0 aliphatic heterocycles. The van der Waals surface area contributed by atoms with Crippen molar-refractivity contribution in [2.75, 3.05) is 16.4 Å². The Morgan fingerprint density at radius 3 is 2.45 bits per heavy atom. The van der Waals surface area contributed by atoms with E-state index in [-0.39, 0.29) is 23.8 Å². The van der Waals surface area contributed by atoms with Crippen molar-refractivity contribution in [3.05, 3.63) is 78.4 Å². The molecule has 2 amide bonds. The molecular weight excluding hydrogens is 417 g/mol. The summed E-state index contributed by atoms with van der Waals surface area (Å²) < 4.78 is 15.5. The van der Waals surface area contributed by atoms with Crippen molar-refractivity contribution in [2.45, 2.75) is 25.0 Å². The summed E-state index contributed by atoms with van der Waals surface area (Å²) in [5.74, 6) is -0.580. The summed E-state index contributed by atoms with van der Waals surface area (Å²) in [5, 5.41) is 14.1. The van der Waals surface area contributed by atoms with E-state index < -0.39 is 11.7 Å². The van der Waals surface area contributed by atoms with E-state index in [1.165, 1.54) is 23.9 Å². The number of allylic oxidation sites excluding steroid dienone is 1. The maximum absolute atomic E-state index is 13.7. The molecule has 0 fully saturated rings. The molecule has 160 valence electrons. The van der Waals surface area contributed by atoms with Crippen LogP contribution in [-0.2, 0) is 22.6 Å². The maximum Gasteiger partial charge on any atom is 0.234 e. The standard InChI is InChI=1S/C22H22FN5O2S/c1-3-12-28-19(13-20(29)25-18-11-7-5-9-16(18)23)26-27-22(28)31-14-21(30)24-17-10-6-4-8-15(17)2/h3-11H,1,12-14H2,2H3,(H,24,30)(H,25,29). The number of halogens is 1.